The van der Waals surface area contributed by atoms with Gasteiger partial charge in [0, 0.05) is 11.8 Å². The lowest BCUT2D eigenvalue weighted by molar-refractivity contribution is 0.555. The van der Waals surface area contributed by atoms with Crippen molar-refractivity contribution >= 4 is 28.2 Å². The maximum absolute atomic E-state index is 11.2. The van der Waals surface area contributed by atoms with E-state index in [1.807, 2.05) is 18.2 Å². The monoisotopic (exact) mass is 283 g/mol. The van der Waals surface area contributed by atoms with Crippen LogP contribution in [-0.2, 0) is 6.42 Å². The van der Waals surface area contributed by atoms with Crippen molar-refractivity contribution in [2.45, 2.75) is 19.8 Å². The van der Waals surface area contributed by atoms with E-state index in [1.165, 1.54) is 5.56 Å². The Morgan fingerprint density at radius 1 is 1.24 bits per heavy atom. The Balaban J connectivity index is 2.01. The van der Waals surface area contributed by atoms with Crippen LogP contribution in [0, 0.1) is 0 Å². The number of para-hydroxylation sites is 1. The van der Waals surface area contributed by atoms with E-state index in [-0.39, 0.29) is 0 Å². The first-order valence-electron chi connectivity index (χ1n) is 6.94. The number of H-pyrrole nitrogens is 1. The number of fused-ring (bicyclic) bond motifs is 1. The zero-order valence-electron chi connectivity index (χ0n) is 11.8. The quantitative estimate of drug-likeness (QED) is 0.641. The fourth-order valence-corrected chi connectivity index (χ4v) is 2.40. The predicted octanol–water partition coefficient (Wildman–Crippen LogP) is 3.40. The maximum Gasteiger partial charge on any atom is 0.417 e. The van der Waals surface area contributed by atoms with Gasteiger partial charge in [-0.2, -0.15) is 0 Å². The van der Waals surface area contributed by atoms with Crippen molar-refractivity contribution in [1.29, 1.82) is 0 Å². The van der Waals surface area contributed by atoms with Gasteiger partial charge in [0.05, 0.1) is 16.9 Å². The summed E-state index contributed by atoms with van der Waals surface area (Å²) in [4.78, 5) is 13.9. The Morgan fingerprint density at radius 2 is 2.05 bits per heavy atom. The van der Waals surface area contributed by atoms with E-state index in [0.717, 1.165) is 24.2 Å². The molecule has 0 amide bonds. The van der Waals surface area contributed by atoms with Gasteiger partial charge in [0.1, 0.15) is 0 Å². The minimum absolute atomic E-state index is 0.463. The summed E-state index contributed by atoms with van der Waals surface area (Å²) in [5.74, 6) is -0.479. The van der Waals surface area contributed by atoms with Gasteiger partial charge in [0.2, 0.25) is 0 Å². The van der Waals surface area contributed by atoms with E-state index < -0.39 is 5.76 Å². The average Bonchev–Trinajstić information content (AvgIpc) is 2.81. The van der Waals surface area contributed by atoms with E-state index in [9.17, 15) is 4.79 Å². The van der Waals surface area contributed by atoms with Crippen LogP contribution in [0.15, 0.2) is 45.6 Å². The molecule has 0 bridgehead atoms. The molecule has 2 aromatic carbocycles. The molecule has 3 aromatic rings. The van der Waals surface area contributed by atoms with Gasteiger partial charge in [0.15, 0.2) is 5.58 Å². The fourth-order valence-electron chi connectivity index (χ4n) is 2.40. The molecule has 0 fully saturated rings. The highest BCUT2D eigenvalue weighted by molar-refractivity contribution is 5.87. The van der Waals surface area contributed by atoms with Gasteiger partial charge >= 0.3 is 5.76 Å². The zero-order chi connectivity index (χ0) is 14.8. The number of nitrogen functional groups attached to an aromatic ring is 1. The summed E-state index contributed by atoms with van der Waals surface area (Å²) in [6.07, 6.45) is 2.07. The zero-order valence-corrected chi connectivity index (χ0v) is 11.8. The molecule has 0 aliphatic rings. The van der Waals surface area contributed by atoms with Crippen molar-refractivity contribution in [2.75, 3.05) is 11.1 Å². The first-order valence-corrected chi connectivity index (χ1v) is 6.94. The van der Waals surface area contributed by atoms with Crippen molar-refractivity contribution in [2.24, 2.45) is 0 Å². The Hall–Kier alpha value is -2.69. The Labute approximate surface area is 121 Å². The van der Waals surface area contributed by atoms with Gasteiger partial charge in [-0.25, -0.2) is 4.79 Å². The Bertz CT molecular complexity index is 833. The number of benzene rings is 2. The third-order valence-electron chi connectivity index (χ3n) is 3.40. The fraction of sp³-hybridized carbons (Fsp3) is 0.188. The van der Waals surface area contributed by atoms with E-state index in [2.05, 4.69) is 23.3 Å². The summed E-state index contributed by atoms with van der Waals surface area (Å²) in [6, 6.07) is 11.6. The SMILES string of the molecule is CCCc1ccccc1Nc1cc2[nH]c(=O)oc2cc1N. The molecule has 0 aliphatic carbocycles. The predicted molar refractivity (Wildman–Crippen MR) is 85.0 cm³/mol. The summed E-state index contributed by atoms with van der Waals surface area (Å²) in [5.41, 5.74) is 10.7. The lowest BCUT2D eigenvalue weighted by atomic mass is 10.1. The number of aromatic amines is 1. The second kappa shape index (κ2) is 5.36. The third kappa shape index (κ3) is 2.63. The molecule has 0 spiro atoms. The van der Waals surface area contributed by atoms with Crippen LogP contribution >= 0.6 is 0 Å². The Morgan fingerprint density at radius 3 is 2.86 bits per heavy atom. The van der Waals surface area contributed by atoms with Crippen LogP contribution < -0.4 is 16.8 Å². The standard InChI is InChI=1S/C16H17N3O2/c1-2-5-10-6-3-4-7-12(10)18-13-9-14-15(8-11(13)17)21-16(20)19-14/h3-4,6-9,18H,2,5,17H2,1H3,(H,19,20). The molecule has 0 unspecified atom stereocenters. The lowest BCUT2D eigenvalue weighted by Gasteiger charge is -2.13. The number of hydrogen-bond acceptors (Lipinski definition) is 4. The van der Waals surface area contributed by atoms with Crippen molar-refractivity contribution in [3.8, 4) is 0 Å². The van der Waals surface area contributed by atoms with Crippen LogP contribution in [0.25, 0.3) is 11.1 Å². The summed E-state index contributed by atoms with van der Waals surface area (Å²) in [5, 5.41) is 3.34. The largest absolute Gasteiger partial charge is 0.417 e. The second-order valence-corrected chi connectivity index (χ2v) is 4.98. The summed E-state index contributed by atoms with van der Waals surface area (Å²) >= 11 is 0. The number of oxazole rings is 1. The first-order chi connectivity index (χ1) is 10.2. The molecule has 0 radical (unpaired) electrons. The van der Waals surface area contributed by atoms with E-state index in [1.54, 1.807) is 12.1 Å². The average molecular weight is 283 g/mol. The summed E-state index contributed by atoms with van der Waals surface area (Å²) in [6.45, 7) is 2.15. The summed E-state index contributed by atoms with van der Waals surface area (Å²) in [7, 11) is 0. The topological polar surface area (TPSA) is 84.0 Å². The normalized spacial score (nSPS) is 10.9. The summed E-state index contributed by atoms with van der Waals surface area (Å²) < 4.78 is 5.00. The highest BCUT2D eigenvalue weighted by Gasteiger charge is 2.08. The van der Waals surface area contributed by atoms with Gasteiger partial charge in [0.25, 0.3) is 0 Å². The highest BCUT2D eigenvalue weighted by atomic mass is 16.4. The minimum atomic E-state index is -0.479. The van der Waals surface area contributed by atoms with Crippen molar-refractivity contribution in [3.05, 3.63) is 52.5 Å². The lowest BCUT2D eigenvalue weighted by Crippen LogP contribution is -1.99. The van der Waals surface area contributed by atoms with Crippen LogP contribution in [0.1, 0.15) is 18.9 Å². The molecule has 0 saturated heterocycles. The van der Waals surface area contributed by atoms with E-state index in [4.69, 9.17) is 10.2 Å². The number of nitrogens with one attached hydrogen (secondary N) is 2. The molecule has 4 N–H and O–H groups in total. The molecule has 3 rings (SSSR count). The molecule has 108 valence electrons. The van der Waals surface area contributed by atoms with Crippen molar-refractivity contribution in [3.63, 3.8) is 0 Å². The van der Waals surface area contributed by atoms with Gasteiger partial charge < -0.3 is 15.5 Å². The number of aryl methyl sites for hydroxylation is 1. The second-order valence-electron chi connectivity index (χ2n) is 4.98. The van der Waals surface area contributed by atoms with Gasteiger partial charge in [-0.15, -0.1) is 0 Å². The molecule has 5 nitrogen and oxygen atoms in total. The smallest absolute Gasteiger partial charge is 0.408 e. The number of aromatic nitrogens is 1. The molecule has 5 heteroatoms. The van der Waals surface area contributed by atoms with Crippen LogP contribution in [0.4, 0.5) is 17.1 Å². The number of rotatable bonds is 4. The minimum Gasteiger partial charge on any atom is -0.408 e. The van der Waals surface area contributed by atoms with Crippen molar-refractivity contribution in [1.82, 2.24) is 4.98 Å². The first kappa shape index (κ1) is 13.3. The molecule has 0 saturated carbocycles. The molecule has 0 atom stereocenters. The van der Waals surface area contributed by atoms with E-state index in [0.29, 0.717) is 16.8 Å². The number of nitrogens with two attached hydrogens (primary N) is 1. The van der Waals surface area contributed by atoms with Gasteiger partial charge in [-0.3, -0.25) is 4.98 Å². The van der Waals surface area contributed by atoms with Crippen LogP contribution in [-0.4, -0.2) is 4.98 Å². The van der Waals surface area contributed by atoms with Crippen LogP contribution in [0.2, 0.25) is 0 Å². The maximum atomic E-state index is 11.2. The molecule has 0 aliphatic heterocycles. The van der Waals surface area contributed by atoms with E-state index >= 15 is 0 Å². The van der Waals surface area contributed by atoms with Crippen molar-refractivity contribution < 1.29 is 4.42 Å². The molecular weight excluding hydrogens is 266 g/mol. The molecular formula is C16H17N3O2. The molecule has 21 heavy (non-hydrogen) atoms. The van der Waals surface area contributed by atoms with Gasteiger partial charge in [-0.1, -0.05) is 31.5 Å². The molecule has 1 aromatic heterocycles. The highest BCUT2D eigenvalue weighted by Crippen LogP contribution is 2.29. The Kier molecular flexibility index (Phi) is 3.39. The number of anilines is 3. The number of hydrogen-bond donors (Lipinski definition) is 3. The molecule has 1 heterocycles. The third-order valence-corrected chi connectivity index (χ3v) is 3.40. The van der Waals surface area contributed by atoms with Crippen LogP contribution in [0.5, 0.6) is 0 Å². The van der Waals surface area contributed by atoms with Crippen LogP contribution in [0.3, 0.4) is 0 Å². The van der Waals surface area contributed by atoms with Gasteiger partial charge in [-0.05, 0) is 24.1 Å².